The molecule has 0 saturated heterocycles. The van der Waals surface area contributed by atoms with Gasteiger partial charge in [-0.05, 0) is 48.3 Å². The molecule has 0 amide bonds. The first-order valence-corrected chi connectivity index (χ1v) is 8.21. The predicted molar refractivity (Wildman–Crippen MR) is 87.3 cm³/mol. The average Bonchev–Trinajstić information content (AvgIpc) is 3.28. The van der Waals surface area contributed by atoms with Crippen LogP contribution in [0.2, 0.25) is 0 Å². The van der Waals surface area contributed by atoms with Gasteiger partial charge in [-0.25, -0.2) is 0 Å². The van der Waals surface area contributed by atoms with Crippen LogP contribution in [0.1, 0.15) is 60.8 Å². The van der Waals surface area contributed by atoms with Crippen LogP contribution in [-0.2, 0) is 5.41 Å². The van der Waals surface area contributed by atoms with Gasteiger partial charge in [-0.2, -0.15) is 0 Å². The summed E-state index contributed by atoms with van der Waals surface area (Å²) in [7, 11) is 0. The summed E-state index contributed by atoms with van der Waals surface area (Å²) >= 11 is 0. The fourth-order valence-electron chi connectivity index (χ4n) is 3.87. The lowest BCUT2D eigenvalue weighted by atomic mass is 9.74. The van der Waals surface area contributed by atoms with Crippen LogP contribution >= 0.6 is 0 Å². The van der Waals surface area contributed by atoms with Gasteiger partial charge < -0.3 is 5.73 Å². The van der Waals surface area contributed by atoms with Crippen molar-refractivity contribution in [2.24, 2.45) is 5.73 Å². The fraction of sp³-hybridized carbons (Fsp3) is 0.400. The molecular formula is C20H23N. The Bertz CT molecular complexity index is 623. The molecule has 0 spiro atoms. The molecule has 0 bridgehead atoms. The summed E-state index contributed by atoms with van der Waals surface area (Å²) in [5.74, 6) is 0.749. The summed E-state index contributed by atoms with van der Waals surface area (Å²) in [5.41, 5.74) is 11.3. The van der Waals surface area contributed by atoms with Crippen molar-refractivity contribution in [3.8, 4) is 0 Å². The van der Waals surface area contributed by atoms with Crippen LogP contribution < -0.4 is 5.73 Å². The average molecular weight is 277 g/mol. The van der Waals surface area contributed by atoms with Gasteiger partial charge in [-0.3, -0.25) is 0 Å². The van der Waals surface area contributed by atoms with Crippen molar-refractivity contribution in [1.29, 1.82) is 0 Å². The smallest absolute Gasteiger partial charge is 0.0395 e. The van der Waals surface area contributed by atoms with Crippen molar-refractivity contribution < 1.29 is 0 Å². The molecule has 2 saturated carbocycles. The molecule has 2 aromatic carbocycles. The Morgan fingerprint density at radius 1 is 0.905 bits per heavy atom. The van der Waals surface area contributed by atoms with Crippen molar-refractivity contribution in [2.75, 3.05) is 0 Å². The summed E-state index contributed by atoms with van der Waals surface area (Å²) < 4.78 is 0. The summed E-state index contributed by atoms with van der Waals surface area (Å²) in [5, 5.41) is 0. The van der Waals surface area contributed by atoms with Crippen LogP contribution in [0.3, 0.4) is 0 Å². The molecule has 4 rings (SSSR count). The molecule has 2 aromatic rings. The highest BCUT2D eigenvalue weighted by molar-refractivity contribution is 5.42. The summed E-state index contributed by atoms with van der Waals surface area (Å²) in [4.78, 5) is 0. The van der Waals surface area contributed by atoms with E-state index in [2.05, 4.69) is 54.6 Å². The molecule has 21 heavy (non-hydrogen) atoms. The van der Waals surface area contributed by atoms with Gasteiger partial charge in [0.2, 0.25) is 0 Å². The number of hydrogen-bond donors (Lipinski definition) is 1. The monoisotopic (exact) mass is 277 g/mol. The van der Waals surface area contributed by atoms with Crippen LogP contribution in [-0.4, -0.2) is 0 Å². The van der Waals surface area contributed by atoms with E-state index in [1.54, 1.807) is 0 Å². The third-order valence-electron chi connectivity index (χ3n) is 5.61. The number of benzene rings is 2. The van der Waals surface area contributed by atoms with E-state index < -0.39 is 0 Å². The molecule has 2 aliphatic carbocycles. The first-order valence-electron chi connectivity index (χ1n) is 8.21. The van der Waals surface area contributed by atoms with Gasteiger partial charge >= 0.3 is 0 Å². The second kappa shape index (κ2) is 4.99. The highest BCUT2D eigenvalue weighted by atomic mass is 14.7. The third-order valence-corrected chi connectivity index (χ3v) is 5.61. The molecule has 108 valence electrons. The standard InChI is InChI=1S/C20H23N/c21-19(20(13-14-20)16-9-2-1-3-10-16)18-12-5-4-11-17(18)15-7-6-8-15/h1-5,9-12,15,19H,6-8,13-14,21H2. The van der Waals surface area contributed by atoms with Gasteiger partial charge in [0.25, 0.3) is 0 Å². The van der Waals surface area contributed by atoms with Crippen molar-refractivity contribution >= 4 is 0 Å². The Hall–Kier alpha value is -1.60. The predicted octanol–water partition coefficient (Wildman–Crippen LogP) is 4.69. The molecule has 2 aliphatic rings. The molecule has 2 N–H and O–H groups in total. The second-order valence-corrected chi connectivity index (χ2v) is 6.76. The van der Waals surface area contributed by atoms with Gasteiger partial charge in [0.05, 0.1) is 0 Å². The second-order valence-electron chi connectivity index (χ2n) is 6.76. The Morgan fingerprint density at radius 3 is 2.19 bits per heavy atom. The zero-order valence-electron chi connectivity index (χ0n) is 12.5. The van der Waals surface area contributed by atoms with Crippen LogP contribution in [0.5, 0.6) is 0 Å². The van der Waals surface area contributed by atoms with E-state index in [4.69, 9.17) is 5.73 Å². The van der Waals surface area contributed by atoms with E-state index in [-0.39, 0.29) is 11.5 Å². The Labute approximate surface area is 127 Å². The normalized spacial score (nSPS) is 21.6. The summed E-state index contributed by atoms with van der Waals surface area (Å²) in [6.45, 7) is 0. The molecule has 1 heteroatoms. The first kappa shape index (κ1) is 13.1. The zero-order valence-corrected chi connectivity index (χ0v) is 12.5. The number of hydrogen-bond acceptors (Lipinski definition) is 1. The molecule has 2 fully saturated rings. The molecule has 0 heterocycles. The largest absolute Gasteiger partial charge is 0.323 e. The fourth-order valence-corrected chi connectivity index (χ4v) is 3.87. The molecule has 1 atom stereocenters. The molecule has 0 aliphatic heterocycles. The zero-order chi connectivity index (χ0) is 14.3. The van der Waals surface area contributed by atoms with Crippen molar-refractivity contribution in [3.63, 3.8) is 0 Å². The van der Waals surface area contributed by atoms with Gasteiger partial charge in [0.15, 0.2) is 0 Å². The van der Waals surface area contributed by atoms with Crippen LogP contribution in [0.4, 0.5) is 0 Å². The highest BCUT2D eigenvalue weighted by Crippen LogP contribution is 2.56. The lowest BCUT2D eigenvalue weighted by Gasteiger charge is -2.32. The summed E-state index contributed by atoms with van der Waals surface area (Å²) in [6.07, 6.45) is 6.48. The van der Waals surface area contributed by atoms with E-state index in [1.807, 2.05) is 0 Å². The molecule has 0 aromatic heterocycles. The number of rotatable bonds is 4. The molecule has 1 nitrogen and oxygen atoms in total. The minimum atomic E-state index is 0.136. The van der Waals surface area contributed by atoms with Crippen LogP contribution in [0.25, 0.3) is 0 Å². The van der Waals surface area contributed by atoms with E-state index in [1.165, 1.54) is 48.8 Å². The molecule has 1 unspecified atom stereocenters. The molecular weight excluding hydrogens is 254 g/mol. The SMILES string of the molecule is NC(c1ccccc1C1CCC1)C1(c2ccccc2)CC1. The summed E-state index contributed by atoms with van der Waals surface area (Å²) in [6, 6.07) is 19.9. The van der Waals surface area contributed by atoms with E-state index in [0.29, 0.717) is 0 Å². The van der Waals surface area contributed by atoms with Gasteiger partial charge in [-0.15, -0.1) is 0 Å². The van der Waals surface area contributed by atoms with Crippen molar-refractivity contribution in [1.82, 2.24) is 0 Å². The van der Waals surface area contributed by atoms with Crippen molar-refractivity contribution in [2.45, 2.75) is 49.5 Å². The van der Waals surface area contributed by atoms with E-state index >= 15 is 0 Å². The van der Waals surface area contributed by atoms with E-state index in [0.717, 1.165) is 5.92 Å². The maximum Gasteiger partial charge on any atom is 0.0395 e. The quantitative estimate of drug-likeness (QED) is 0.862. The Kier molecular flexibility index (Phi) is 3.11. The number of nitrogens with two attached hydrogens (primary N) is 1. The highest BCUT2D eigenvalue weighted by Gasteiger charge is 2.50. The van der Waals surface area contributed by atoms with Crippen molar-refractivity contribution in [3.05, 3.63) is 71.3 Å². The van der Waals surface area contributed by atoms with Crippen LogP contribution in [0.15, 0.2) is 54.6 Å². The minimum absolute atomic E-state index is 0.136. The van der Waals surface area contributed by atoms with Crippen LogP contribution in [0, 0.1) is 0 Å². The van der Waals surface area contributed by atoms with Gasteiger partial charge in [-0.1, -0.05) is 61.0 Å². The first-order chi connectivity index (χ1) is 10.3. The third kappa shape index (κ3) is 2.11. The topological polar surface area (TPSA) is 26.0 Å². The van der Waals surface area contributed by atoms with Gasteiger partial charge in [0.1, 0.15) is 0 Å². The Morgan fingerprint density at radius 2 is 1.57 bits per heavy atom. The Balaban J connectivity index is 1.71. The maximum atomic E-state index is 6.78. The lowest BCUT2D eigenvalue weighted by Crippen LogP contribution is -2.28. The minimum Gasteiger partial charge on any atom is -0.323 e. The molecule has 0 radical (unpaired) electrons. The van der Waals surface area contributed by atoms with Gasteiger partial charge in [0, 0.05) is 11.5 Å². The lowest BCUT2D eigenvalue weighted by molar-refractivity contribution is 0.411. The van der Waals surface area contributed by atoms with E-state index in [9.17, 15) is 0 Å². The maximum absolute atomic E-state index is 6.78.